The van der Waals surface area contributed by atoms with Crippen LogP contribution in [0.2, 0.25) is 0 Å². The van der Waals surface area contributed by atoms with E-state index in [-0.39, 0.29) is 10.6 Å². The third-order valence-electron chi connectivity index (χ3n) is 4.44. The number of piperidine rings is 1. The van der Waals surface area contributed by atoms with Crippen molar-refractivity contribution in [3.05, 3.63) is 32.8 Å². The van der Waals surface area contributed by atoms with Crippen LogP contribution in [0, 0.1) is 16.0 Å². The first kappa shape index (κ1) is 12.9. The van der Waals surface area contributed by atoms with Crippen molar-refractivity contribution in [3.63, 3.8) is 0 Å². The smallest absolute Gasteiger partial charge is 0.293 e. The molecule has 1 aromatic carbocycles. The minimum absolute atomic E-state index is 0.224. The molecule has 0 radical (unpaired) electrons. The zero-order valence-corrected chi connectivity index (χ0v) is 12.3. The van der Waals surface area contributed by atoms with Gasteiger partial charge in [-0.1, -0.05) is 22.4 Å². The third kappa shape index (κ3) is 2.36. The summed E-state index contributed by atoms with van der Waals surface area (Å²) in [7, 11) is 0. The molecule has 0 amide bonds. The number of hydrogen-bond donors (Lipinski definition) is 0. The highest BCUT2D eigenvalue weighted by molar-refractivity contribution is 9.10. The predicted octanol–water partition coefficient (Wildman–Crippen LogP) is 4.13. The highest BCUT2D eigenvalue weighted by Gasteiger charge is 2.37. The monoisotopic (exact) mass is 324 g/mol. The van der Waals surface area contributed by atoms with Crippen molar-refractivity contribution in [3.8, 4) is 0 Å². The first-order chi connectivity index (χ1) is 9.16. The number of hydrogen-bond acceptors (Lipinski definition) is 3. The molecule has 2 atom stereocenters. The number of nitro groups is 1. The van der Waals surface area contributed by atoms with Crippen LogP contribution in [0.4, 0.5) is 11.4 Å². The summed E-state index contributed by atoms with van der Waals surface area (Å²) in [5, 5.41) is 11.3. The largest absolute Gasteiger partial charge is 0.363 e. The number of rotatable bonds is 2. The number of anilines is 1. The summed E-state index contributed by atoms with van der Waals surface area (Å²) in [5.74, 6) is 0.733. The van der Waals surface area contributed by atoms with Gasteiger partial charge in [0.1, 0.15) is 5.69 Å². The van der Waals surface area contributed by atoms with Crippen LogP contribution in [0.3, 0.4) is 0 Å². The lowest BCUT2D eigenvalue weighted by Crippen LogP contribution is -2.42. The summed E-state index contributed by atoms with van der Waals surface area (Å²) < 4.78 is 0.767. The standard InChI is InChI=1S/C14H17BrN2O2/c15-11-6-7-13(14(9-11)17(18)19)16-8-2-4-10-3-1-5-12(10)16/h6-7,9-10,12H,1-5,8H2. The Hall–Kier alpha value is -1.10. The number of halogens is 1. The van der Waals surface area contributed by atoms with Crippen LogP contribution in [-0.2, 0) is 0 Å². The maximum absolute atomic E-state index is 11.3. The molecule has 1 heterocycles. The Balaban J connectivity index is 1.98. The molecule has 1 saturated carbocycles. The van der Waals surface area contributed by atoms with Crippen molar-refractivity contribution in [2.24, 2.45) is 5.92 Å². The SMILES string of the molecule is O=[N+]([O-])c1cc(Br)ccc1N1CCCC2CCCC21. The number of fused-ring (bicyclic) bond motifs is 1. The van der Waals surface area contributed by atoms with E-state index in [1.165, 1.54) is 25.7 Å². The van der Waals surface area contributed by atoms with E-state index < -0.39 is 0 Å². The Morgan fingerprint density at radius 2 is 2.05 bits per heavy atom. The van der Waals surface area contributed by atoms with E-state index in [0.29, 0.717) is 6.04 Å². The minimum atomic E-state index is -0.265. The second kappa shape index (κ2) is 5.12. The Kier molecular flexibility index (Phi) is 3.48. The van der Waals surface area contributed by atoms with Crippen molar-refractivity contribution in [2.75, 3.05) is 11.4 Å². The summed E-state index contributed by atoms with van der Waals surface area (Å²) in [4.78, 5) is 13.3. The molecule has 0 N–H and O–H groups in total. The van der Waals surface area contributed by atoms with Crippen molar-refractivity contribution in [1.82, 2.24) is 0 Å². The highest BCUT2D eigenvalue weighted by Crippen LogP contribution is 2.42. The van der Waals surface area contributed by atoms with Crippen molar-refractivity contribution in [2.45, 2.75) is 38.1 Å². The predicted molar refractivity (Wildman–Crippen MR) is 78.5 cm³/mol. The van der Waals surface area contributed by atoms with Gasteiger partial charge in [0.15, 0.2) is 0 Å². The van der Waals surface area contributed by atoms with Crippen molar-refractivity contribution >= 4 is 27.3 Å². The first-order valence-electron chi connectivity index (χ1n) is 6.87. The van der Waals surface area contributed by atoms with E-state index in [2.05, 4.69) is 20.8 Å². The summed E-state index contributed by atoms with van der Waals surface area (Å²) in [6, 6.07) is 5.92. The molecule has 1 aliphatic heterocycles. The zero-order valence-electron chi connectivity index (χ0n) is 10.7. The maximum Gasteiger partial charge on any atom is 0.293 e. The van der Waals surface area contributed by atoms with E-state index in [1.54, 1.807) is 6.07 Å². The first-order valence-corrected chi connectivity index (χ1v) is 7.66. The van der Waals surface area contributed by atoms with Crippen LogP contribution in [-0.4, -0.2) is 17.5 Å². The molecule has 0 spiro atoms. The molecular formula is C14H17BrN2O2. The lowest BCUT2D eigenvalue weighted by Gasteiger charge is -2.39. The van der Waals surface area contributed by atoms with Crippen LogP contribution in [0.15, 0.2) is 22.7 Å². The van der Waals surface area contributed by atoms with Gasteiger partial charge in [-0.2, -0.15) is 0 Å². The molecule has 4 nitrogen and oxygen atoms in total. The molecule has 2 aliphatic rings. The van der Waals surface area contributed by atoms with E-state index in [9.17, 15) is 10.1 Å². The van der Waals surface area contributed by atoms with E-state index >= 15 is 0 Å². The van der Waals surface area contributed by atoms with Crippen LogP contribution >= 0.6 is 15.9 Å². The molecule has 102 valence electrons. The van der Waals surface area contributed by atoms with Gasteiger partial charge in [-0.15, -0.1) is 0 Å². The Morgan fingerprint density at radius 1 is 1.26 bits per heavy atom. The number of benzene rings is 1. The van der Waals surface area contributed by atoms with Gasteiger partial charge in [-0.25, -0.2) is 0 Å². The van der Waals surface area contributed by atoms with Gasteiger partial charge in [0.2, 0.25) is 0 Å². The topological polar surface area (TPSA) is 46.4 Å². The van der Waals surface area contributed by atoms with Crippen molar-refractivity contribution in [1.29, 1.82) is 0 Å². The van der Waals surface area contributed by atoms with Crippen LogP contribution in [0.1, 0.15) is 32.1 Å². The Labute approximate surface area is 121 Å². The molecule has 0 bridgehead atoms. The molecule has 0 aromatic heterocycles. The van der Waals surface area contributed by atoms with E-state index in [4.69, 9.17) is 0 Å². The molecule has 1 aliphatic carbocycles. The molecule has 2 unspecified atom stereocenters. The Bertz CT molecular complexity index is 506. The summed E-state index contributed by atoms with van der Waals surface area (Å²) >= 11 is 3.32. The summed E-state index contributed by atoms with van der Waals surface area (Å²) in [5.41, 5.74) is 1.02. The maximum atomic E-state index is 11.3. The van der Waals surface area contributed by atoms with Gasteiger partial charge < -0.3 is 4.90 Å². The summed E-state index contributed by atoms with van der Waals surface area (Å²) in [6.45, 7) is 0.948. The lowest BCUT2D eigenvalue weighted by molar-refractivity contribution is -0.384. The normalized spacial score (nSPS) is 26.3. The van der Waals surface area contributed by atoms with Crippen LogP contribution in [0.25, 0.3) is 0 Å². The number of nitro benzene ring substituents is 1. The van der Waals surface area contributed by atoms with Gasteiger partial charge >= 0.3 is 0 Å². The zero-order chi connectivity index (χ0) is 13.4. The molecule has 1 saturated heterocycles. The molecule has 19 heavy (non-hydrogen) atoms. The van der Waals surface area contributed by atoms with Gasteiger partial charge in [-0.05, 0) is 43.7 Å². The fraction of sp³-hybridized carbons (Fsp3) is 0.571. The van der Waals surface area contributed by atoms with E-state index in [1.807, 2.05) is 12.1 Å². The van der Waals surface area contributed by atoms with E-state index in [0.717, 1.165) is 29.0 Å². The number of nitrogens with zero attached hydrogens (tertiary/aromatic N) is 2. The molecular weight excluding hydrogens is 308 g/mol. The average Bonchev–Trinajstić information content (AvgIpc) is 2.86. The van der Waals surface area contributed by atoms with Gasteiger partial charge in [0, 0.05) is 23.1 Å². The fourth-order valence-electron chi connectivity index (χ4n) is 3.64. The quantitative estimate of drug-likeness (QED) is 0.607. The molecule has 2 fully saturated rings. The van der Waals surface area contributed by atoms with Gasteiger partial charge in [0.25, 0.3) is 5.69 Å². The van der Waals surface area contributed by atoms with Crippen molar-refractivity contribution < 1.29 is 4.92 Å². The molecule has 5 heteroatoms. The second-order valence-corrected chi connectivity index (χ2v) is 6.40. The fourth-order valence-corrected chi connectivity index (χ4v) is 3.99. The second-order valence-electron chi connectivity index (χ2n) is 5.48. The van der Waals surface area contributed by atoms with Crippen LogP contribution < -0.4 is 4.90 Å². The lowest BCUT2D eigenvalue weighted by atomic mass is 9.91. The van der Waals surface area contributed by atoms with Gasteiger partial charge in [0.05, 0.1) is 4.92 Å². The average molecular weight is 325 g/mol. The third-order valence-corrected chi connectivity index (χ3v) is 4.93. The Morgan fingerprint density at radius 3 is 2.84 bits per heavy atom. The van der Waals surface area contributed by atoms with Gasteiger partial charge in [-0.3, -0.25) is 10.1 Å². The molecule has 1 aromatic rings. The molecule has 3 rings (SSSR count). The minimum Gasteiger partial charge on any atom is -0.363 e. The summed E-state index contributed by atoms with van der Waals surface area (Å²) in [6.07, 6.45) is 6.15. The highest BCUT2D eigenvalue weighted by atomic mass is 79.9. The van der Waals surface area contributed by atoms with Crippen LogP contribution in [0.5, 0.6) is 0 Å².